The molecule has 2 saturated heterocycles. The van der Waals surface area contributed by atoms with Crippen molar-refractivity contribution in [2.75, 3.05) is 26.2 Å². The summed E-state index contributed by atoms with van der Waals surface area (Å²) in [6, 6.07) is 0.959. The van der Waals surface area contributed by atoms with Gasteiger partial charge in [-0.1, -0.05) is 27.2 Å². The number of hydrogen-bond donors (Lipinski definition) is 1. The molecule has 2 heterocycles. The average molecular weight is 238 g/mol. The fraction of sp³-hybridized carbons (Fsp3) is 1.00. The minimum absolute atomic E-state index is 0.727. The summed E-state index contributed by atoms with van der Waals surface area (Å²) in [7, 11) is 0. The Kier molecular flexibility index (Phi) is 4.48. The lowest BCUT2D eigenvalue weighted by atomic mass is 9.71. The van der Waals surface area contributed by atoms with Crippen molar-refractivity contribution < 1.29 is 0 Å². The van der Waals surface area contributed by atoms with E-state index in [1.165, 1.54) is 58.3 Å². The van der Waals surface area contributed by atoms with Gasteiger partial charge in [0.05, 0.1) is 0 Å². The highest BCUT2D eigenvalue weighted by atomic mass is 15.2. The summed E-state index contributed by atoms with van der Waals surface area (Å²) in [6.07, 6.45) is 7.28. The van der Waals surface area contributed by atoms with Crippen LogP contribution in [0.25, 0.3) is 0 Å². The molecule has 100 valence electrons. The third-order valence-electron chi connectivity index (χ3n) is 5.16. The van der Waals surface area contributed by atoms with Crippen LogP contribution in [0.5, 0.6) is 0 Å². The Hall–Kier alpha value is -0.0800. The molecular formula is C15H30N2. The maximum Gasteiger partial charge on any atom is 0.0101 e. The van der Waals surface area contributed by atoms with Crippen molar-refractivity contribution in [1.82, 2.24) is 10.2 Å². The first kappa shape index (κ1) is 13.4. The Morgan fingerprint density at radius 3 is 2.12 bits per heavy atom. The van der Waals surface area contributed by atoms with Crippen LogP contribution >= 0.6 is 0 Å². The molecule has 3 rings (SSSR count). The number of nitrogens with zero attached hydrogens (tertiary/aromatic N) is 1. The fourth-order valence-corrected chi connectivity index (χ4v) is 3.53. The van der Waals surface area contributed by atoms with Crippen LogP contribution in [0.15, 0.2) is 0 Å². The molecule has 0 aromatic rings. The van der Waals surface area contributed by atoms with Gasteiger partial charge in [0.2, 0.25) is 0 Å². The van der Waals surface area contributed by atoms with E-state index < -0.39 is 0 Å². The average Bonchev–Trinajstić information content (AvgIpc) is 2.29. The Morgan fingerprint density at radius 2 is 1.71 bits per heavy atom. The monoisotopic (exact) mass is 238 g/mol. The second-order valence-corrected chi connectivity index (χ2v) is 6.04. The molecule has 17 heavy (non-hydrogen) atoms. The molecule has 2 nitrogen and oxygen atoms in total. The molecule has 0 aromatic carbocycles. The van der Waals surface area contributed by atoms with Gasteiger partial charge in [0.1, 0.15) is 0 Å². The van der Waals surface area contributed by atoms with Crippen LogP contribution in [0.3, 0.4) is 0 Å². The minimum atomic E-state index is 0.727. The van der Waals surface area contributed by atoms with E-state index in [1.54, 1.807) is 0 Å². The Balaban J connectivity index is 0.000000514. The number of hydrogen-bond acceptors (Lipinski definition) is 2. The number of likely N-dealkylation sites (tertiary alicyclic amines) is 1. The van der Waals surface area contributed by atoms with Crippen molar-refractivity contribution in [2.45, 2.75) is 58.9 Å². The highest BCUT2D eigenvalue weighted by Crippen LogP contribution is 2.40. The normalized spacial score (nSPS) is 35.5. The molecule has 3 fully saturated rings. The molecule has 1 saturated carbocycles. The van der Waals surface area contributed by atoms with Crippen LogP contribution in [0.2, 0.25) is 0 Å². The van der Waals surface area contributed by atoms with Crippen LogP contribution in [0, 0.1) is 11.3 Å². The Morgan fingerprint density at radius 1 is 1.12 bits per heavy atom. The van der Waals surface area contributed by atoms with Gasteiger partial charge in [-0.15, -0.1) is 0 Å². The third-order valence-corrected chi connectivity index (χ3v) is 5.16. The van der Waals surface area contributed by atoms with Gasteiger partial charge in [-0.25, -0.2) is 0 Å². The van der Waals surface area contributed by atoms with E-state index in [4.69, 9.17) is 0 Å². The predicted octanol–water partition coefficient (Wildman–Crippen LogP) is 2.89. The van der Waals surface area contributed by atoms with Crippen LogP contribution in [-0.2, 0) is 0 Å². The molecule has 0 bridgehead atoms. The molecule has 2 heteroatoms. The van der Waals surface area contributed by atoms with E-state index in [0.29, 0.717) is 0 Å². The SMILES string of the molecule is CC.CCC1CC(N2CCC3(CC2)CNC3)C1. The van der Waals surface area contributed by atoms with Gasteiger partial charge in [-0.2, -0.15) is 0 Å². The van der Waals surface area contributed by atoms with Gasteiger partial charge in [0.25, 0.3) is 0 Å². The molecule has 0 atom stereocenters. The zero-order valence-corrected chi connectivity index (χ0v) is 12.0. The maximum atomic E-state index is 3.44. The second kappa shape index (κ2) is 5.71. The first-order valence-electron chi connectivity index (χ1n) is 7.76. The summed E-state index contributed by atoms with van der Waals surface area (Å²) < 4.78 is 0. The third kappa shape index (κ3) is 2.68. The molecule has 1 spiro atoms. The molecule has 1 aliphatic carbocycles. The summed E-state index contributed by atoms with van der Waals surface area (Å²) in [5.74, 6) is 1.05. The summed E-state index contributed by atoms with van der Waals surface area (Å²) in [4.78, 5) is 2.77. The van der Waals surface area contributed by atoms with Crippen molar-refractivity contribution in [2.24, 2.45) is 11.3 Å². The Labute approximate surface area is 107 Å². The molecule has 1 N–H and O–H groups in total. The molecule has 3 aliphatic rings. The van der Waals surface area contributed by atoms with Crippen molar-refractivity contribution in [3.8, 4) is 0 Å². The molecular weight excluding hydrogens is 208 g/mol. The van der Waals surface area contributed by atoms with Crippen molar-refractivity contribution in [1.29, 1.82) is 0 Å². The van der Waals surface area contributed by atoms with Gasteiger partial charge in [0.15, 0.2) is 0 Å². The van der Waals surface area contributed by atoms with E-state index in [-0.39, 0.29) is 0 Å². The van der Waals surface area contributed by atoms with Crippen LogP contribution in [-0.4, -0.2) is 37.1 Å². The van der Waals surface area contributed by atoms with E-state index in [2.05, 4.69) is 17.1 Å². The van der Waals surface area contributed by atoms with E-state index in [9.17, 15) is 0 Å². The van der Waals surface area contributed by atoms with Gasteiger partial charge in [0, 0.05) is 19.1 Å². The zero-order chi connectivity index (χ0) is 12.3. The molecule has 0 amide bonds. The number of nitrogens with one attached hydrogen (secondary N) is 1. The van der Waals surface area contributed by atoms with Crippen molar-refractivity contribution >= 4 is 0 Å². The second-order valence-electron chi connectivity index (χ2n) is 6.04. The lowest BCUT2D eigenvalue weighted by Crippen LogP contribution is -2.60. The number of rotatable bonds is 2. The zero-order valence-electron chi connectivity index (χ0n) is 12.0. The van der Waals surface area contributed by atoms with Gasteiger partial charge in [-0.3, -0.25) is 0 Å². The highest BCUT2D eigenvalue weighted by Gasteiger charge is 2.42. The van der Waals surface area contributed by atoms with Crippen LogP contribution in [0.1, 0.15) is 52.9 Å². The molecule has 0 unspecified atom stereocenters. The fourth-order valence-electron chi connectivity index (χ4n) is 3.53. The highest BCUT2D eigenvalue weighted by molar-refractivity contribution is 4.98. The van der Waals surface area contributed by atoms with Gasteiger partial charge in [-0.05, 0) is 50.1 Å². The topological polar surface area (TPSA) is 15.3 Å². The lowest BCUT2D eigenvalue weighted by molar-refractivity contribution is -0.00231. The van der Waals surface area contributed by atoms with Crippen LogP contribution < -0.4 is 5.32 Å². The van der Waals surface area contributed by atoms with Gasteiger partial charge >= 0.3 is 0 Å². The van der Waals surface area contributed by atoms with Crippen molar-refractivity contribution in [3.63, 3.8) is 0 Å². The van der Waals surface area contributed by atoms with Crippen LogP contribution in [0.4, 0.5) is 0 Å². The minimum Gasteiger partial charge on any atom is -0.316 e. The lowest BCUT2D eigenvalue weighted by Gasteiger charge is -2.52. The predicted molar refractivity (Wildman–Crippen MR) is 74.3 cm³/mol. The van der Waals surface area contributed by atoms with Crippen molar-refractivity contribution in [3.05, 3.63) is 0 Å². The summed E-state index contributed by atoms with van der Waals surface area (Å²) in [5, 5.41) is 3.44. The quantitative estimate of drug-likeness (QED) is 0.796. The molecule has 0 aromatic heterocycles. The first-order chi connectivity index (χ1) is 8.31. The van der Waals surface area contributed by atoms with E-state index in [0.717, 1.165) is 17.4 Å². The van der Waals surface area contributed by atoms with E-state index >= 15 is 0 Å². The number of piperidine rings is 1. The molecule has 0 radical (unpaired) electrons. The maximum absolute atomic E-state index is 3.44. The summed E-state index contributed by atoms with van der Waals surface area (Å²) in [6.45, 7) is 11.7. The smallest absolute Gasteiger partial charge is 0.0101 e. The largest absolute Gasteiger partial charge is 0.316 e. The van der Waals surface area contributed by atoms with E-state index in [1.807, 2.05) is 13.8 Å². The van der Waals surface area contributed by atoms with Gasteiger partial charge < -0.3 is 10.2 Å². The Bertz CT molecular complexity index is 219. The summed E-state index contributed by atoms with van der Waals surface area (Å²) in [5.41, 5.74) is 0.727. The summed E-state index contributed by atoms with van der Waals surface area (Å²) >= 11 is 0. The first-order valence-corrected chi connectivity index (χ1v) is 7.76. The molecule has 2 aliphatic heterocycles. The standard InChI is InChI=1S/C13H24N2.C2H6/c1-2-11-7-12(8-11)15-5-3-13(4-6-15)9-14-10-13;1-2/h11-12,14H,2-10H2,1H3;1-2H3.